The van der Waals surface area contributed by atoms with Crippen molar-refractivity contribution in [2.45, 2.75) is 39.3 Å². The van der Waals surface area contributed by atoms with Gasteiger partial charge in [0.15, 0.2) is 0 Å². The van der Waals surface area contributed by atoms with Crippen molar-refractivity contribution in [1.29, 1.82) is 0 Å². The summed E-state index contributed by atoms with van der Waals surface area (Å²) >= 11 is 0. The molecular formula is C14H22FNO. The van der Waals surface area contributed by atoms with Crippen molar-refractivity contribution in [2.24, 2.45) is 5.92 Å². The van der Waals surface area contributed by atoms with Crippen LogP contribution in [0.15, 0.2) is 24.3 Å². The van der Waals surface area contributed by atoms with Crippen LogP contribution in [0.5, 0.6) is 0 Å². The van der Waals surface area contributed by atoms with Gasteiger partial charge in [0, 0.05) is 18.2 Å². The van der Waals surface area contributed by atoms with Gasteiger partial charge in [-0.05, 0) is 25.8 Å². The standard InChI is InChI=1S/C14H22FNO/c1-10(2)14(4,17)9-16-11(3)12-7-5-6-8-13(12)15/h5-8,10-11,16-17H,9H2,1-4H3/t11-,14?/m1/s1. The van der Waals surface area contributed by atoms with E-state index in [1.807, 2.05) is 26.8 Å². The van der Waals surface area contributed by atoms with Gasteiger partial charge in [-0.2, -0.15) is 0 Å². The van der Waals surface area contributed by atoms with E-state index in [1.165, 1.54) is 6.07 Å². The molecule has 1 unspecified atom stereocenters. The lowest BCUT2D eigenvalue weighted by Gasteiger charge is -2.29. The van der Waals surface area contributed by atoms with Gasteiger partial charge in [-0.15, -0.1) is 0 Å². The fourth-order valence-corrected chi connectivity index (χ4v) is 1.50. The van der Waals surface area contributed by atoms with Crippen LogP contribution in [0.2, 0.25) is 0 Å². The second kappa shape index (κ2) is 5.61. The maximum Gasteiger partial charge on any atom is 0.127 e. The molecule has 0 amide bonds. The number of rotatable bonds is 5. The van der Waals surface area contributed by atoms with Gasteiger partial charge in [-0.1, -0.05) is 32.0 Å². The molecule has 0 saturated carbocycles. The number of halogens is 1. The van der Waals surface area contributed by atoms with Crippen LogP contribution >= 0.6 is 0 Å². The van der Waals surface area contributed by atoms with Crippen molar-refractivity contribution in [3.05, 3.63) is 35.6 Å². The van der Waals surface area contributed by atoms with Crippen LogP contribution in [-0.4, -0.2) is 17.3 Å². The molecule has 0 fully saturated rings. The highest BCUT2D eigenvalue weighted by Gasteiger charge is 2.25. The topological polar surface area (TPSA) is 32.3 Å². The zero-order chi connectivity index (χ0) is 13.1. The average molecular weight is 239 g/mol. The lowest BCUT2D eigenvalue weighted by molar-refractivity contribution is 0.0121. The lowest BCUT2D eigenvalue weighted by atomic mass is 9.92. The molecule has 1 rings (SSSR count). The highest BCUT2D eigenvalue weighted by molar-refractivity contribution is 5.20. The first-order valence-corrected chi connectivity index (χ1v) is 6.05. The molecule has 2 nitrogen and oxygen atoms in total. The largest absolute Gasteiger partial charge is 0.389 e. The summed E-state index contributed by atoms with van der Waals surface area (Å²) in [5.41, 5.74) is -0.147. The lowest BCUT2D eigenvalue weighted by Crippen LogP contribution is -2.43. The van der Waals surface area contributed by atoms with Gasteiger partial charge in [0.25, 0.3) is 0 Å². The van der Waals surface area contributed by atoms with Crippen LogP contribution in [0, 0.1) is 11.7 Å². The number of nitrogens with one attached hydrogen (secondary N) is 1. The quantitative estimate of drug-likeness (QED) is 0.828. The molecular weight excluding hydrogens is 217 g/mol. The second-order valence-electron chi connectivity index (χ2n) is 5.14. The van der Waals surface area contributed by atoms with Gasteiger partial charge < -0.3 is 10.4 Å². The third-order valence-electron chi connectivity index (χ3n) is 3.38. The molecule has 0 aliphatic heterocycles. The van der Waals surface area contributed by atoms with Crippen molar-refractivity contribution >= 4 is 0 Å². The van der Waals surface area contributed by atoms with E-state index in [-0.39, 0.29) is 17.8 Å². The molecule has 0 aliphatic carbocycles. The van der Waals surface area contributed by atoms with Crippen molar-refractivity contribution in [3.8, 4) is 0 Å². The summed E-state index contributed by atoms with van der Waals surface area (Å²) in [7, 11) is 0. The number of hydrogen-bond donors (Lipinski definition) is 2. The molecule has 0 aliphatic rings. The van der Waals surface area contributed by atoms with Crippen LogP contribution in [0.25, 0.3) is 0 Å². The number of aliphatic hydroxyl groups is 1. The Bertz CT molecular complexity index is 363. The zero-order valence-corrected chi connectivity index (χ0v) is 11.0. The molecule has 2 N–H and O–H groups in total. The summed E-state index contributed by atoms with van der Waals surface area (Å²) in [4.78, 5) is 0. The summed E-state index contributed by atoms with van der Waals surface area (Å²) in [5, 5.41) is 13.3. The summed E-state index contributed by atoms with van der Waals surface area (Å²) in [6.45, 7) is 8.07. The normalized spacial score (nSPS) is 16.9. The SMILES string of the molecule is CC(C)C(C)(O)CN[C@H](C)c1ccccc1F. The van der Waals surface area contributed by atoms with E-state index >= 15 is 0 Å². The third kappa shape index (κ3) is 3.79. The Labute approximate surface area is 103 Å². The Morgan fingerprint density at radius 2 is 1.88 bits per heavy atom. The summed E-state index contributed by atoms with van der Waals surface area (Å²) in [6.07, 6.45) is 0. The Balaban J connectivity index is 2.62. The van der Waals surface area contributed by atoms with Crippen molar-refractivity contribution in [2.75, 3.05) is 6.54 Å². The summed E-state index contributed by atoms with van der Waals surface area (Å²) in [6, 6.07) is 6.60. The van der Waals surface area contributed by atoms with Gasteiger partial charge in [-0.25, -0.2) is 4.39 Å². The second-order valence-corrected chi connectivity index (χ2v) is 5.14. The molecule has 0 heterocycles. The van der Waals surface area contributed by atoms with Crippen LogP contribution in [-0.2, 0) is 0 Å². The van der Waals surface area contributed by atoms with Crippen molar-refractivity contribution in [1.82, 2.24) is 5.32 Å². The Hall–Kier alpha value is -0.930. The maximum absolute atomic E-state index is 13.5. The fraction of sp³-hybridized carbons (Fsp3) is 0.571. The summed E-state index contributed by atoms with van der Waals surface area (Å²) in [5.74, 6) is -0.0560. The van der Waals surface area contributed by atoms with Crippen LogP contribution < -0.4 is 5.32 Å². The minimum Gasteiger partial charge on any atom is -0.389 e. The number of benzene rings is 1. The Morgan fingerprint density at radius 3 is 2.41 bits per heavy atom. The van der Waals surface area contributed by atoms with E-state index in [4.69, 9.17) is 0 Å². The molecule has 17 heavy (non-hydrogen) atoms. The van der Waals surface area contributed by atoms with Crippen LogP contribution in [0.4, 0.5) is 4.39 Å². The molecule has 0 saturated heterocycles. The van der Waals surface area contributed by atoms with E-state index in [9.17, 15) is 9.50 Å². The predicted octanol–water partition coefficient (Wildman–Crippen LogP) is 2.88. The third-order valence-corrected chi connectivity index (χ3v) is 3.38. The summed E-state index contributed by atoms with van der Waals surface area (Å²) < 4.78 is 13.5. The first-order valence-electron chi connectivity index (χ1n) is 6.05. The van der Waals surface area contributed by atoms with E-state index in [1.54, 1.807) is 19.1 Å². The molecule has 0 radical (unpaired) electrons. The Morgan fingerprint density at radius 1 is 1.29 bits per heavy atom. The highest BCUT2D eigenvalue weighted by Crippen LogP contribution is 2.19. The fourth-order valence-electron chi connectivity index (χ4n) is 1.50. The molecule has 96 valence electrons. The van der Waals surface area contributed by atoms with Gasteiger partial charge >= 0.3 is 0 Å². The molecule has 1 aromatic rings. The number of hydrogen-bond acceptors (Lipinski definition) is 2. The molecule has 0 spiro atoms. The zero-order valence-electron chi connectivity index (χ0n) is 11.0. The molecule has 2 atom stereocenters. The van der Waals surface area contributed by atoms with E-state index < -0.39 is 5.60 Å². The molecule has 0 aromatic heterocycles. The first-order chi connectivity index (χ1) is 7.84. The average Bonchev–Trinajstić information content (AvgIpc) is 2.26. The van der Waals surface area contributed by atoms with Gasteiger partial charge in [0.05, 0.1) is 5.60 Å². The minimum atomic E-state index is -0.778. The minimum absolute atomic E-state index is 0.110. The van der Waals surface area contributed by atoms with E-state index in [0.717, 1.165) is 0 Å². The Kier molecular flexibility index (Phi) is 4.66. The van der Waals surface area contributed by atoms with E-state index in [2.05, 4.69) is 5.32 Å². The van der Waals surface area contributed by atoms with Crippen LogP contribution in [0.1, 0.15) is 39.3 Å². The highest BCUT2D eigenvalue weighted by atomic mass is 19.1. The molecule has 0 bridgehead atoms. The smallest absolute Gasteiger partial charge is 0.127 e. The van der Waals surface area contributed by atoms with Gasteiger partial charge in [0.2, 0.25) is 0 Å². The predicted molar refractivity (Wildman–Crippen MR) is 68.3 cm³/mol. The first kappa shape index (κ1) is 14.1. The van der Waals surface area contributed by atoms with Gasteiger partial charge in [0.1, 0.15) is 5.82 Å². The van der Waals surface area contributed by atoms with Gasteiger partial charge in [-0.3, -0.25) is 0 Å². The molecule has 1 aromatic carbocycles. The monoisotopic (exact) mass is 239 g/mol. The van der Waals surface area contributed by atoms with Crippen molar-refractivity contribution < 1.29 is 9.50 Å². The van der Waals surface area contributed by atoms with E-state index in [0.29, 0.717) is 12.1 Å². The van der Waals surface area contributed by atoms with Crippen LogP contribution in [0.3, 0.4) is 0 Å². The molecule has 3 heteroatoms. The maximum atomic E-state index is 13.5. The van der Waals surface area contributed by atoms with Crippen molar-refractivity contribution in [3.63, 3.8) is 0 Å².